The fourth-order valence-corrected chi connectivity index (χ4v) is 5.20. The zero-order valence-corrected chi connectivity index (χ0v) is 47.0. The molecule has 0 radical (unpaired) electrons. The van der Waals surface area contributed by atoms with E-state index in [0.29, 0.717) is 44.4 Å². The molecule has 16 heteroatoms. The Kier molecular flexibility index (Phi) is 30.4. The predicted molar refractivity (Wildman–Crippen MR) is 211 cm³/mol. The van der Waals surface area contributed by atoms with E-state index in [1.54, 1.807) is 13.8 Å². The van der Waals surface area contributed by atoms with Crippen LogP contribution in [0.3, 0.4) is 0 Å². The zero-order valence-electron chi connectivity index (χ0n) is 32.9. The second-order valence-corrected chi connectivity index (χ2v) is 12.2. The van der Waals surface area contributed by atoms with Crippen LogP contribution in [0, 0.1) is 0 Å². The number of aromatic nitrogens is 4. The summed E-state index contributed by atoms with van der Waals surface area (Å²) in [7, 11) is 0. The van der Waals surface area contributed by atoms with Crippen molar-refractivity contribution in [2.75, 3.05) is 31.8 Å². The van der Waals surface area contributed by atoms with Crippen LogP contribution < -0.4 is 143 Å². The quantitative estimate of drug-likeness (QED) is 0.0865. The molecule has 0 spiro atoms. The first-order valence-corrected chi connectivity index (χ1v) is 18.8. The fraction of sp³-hybridized carbons (Fsp3) is 0.293. The summed E-state index contributed by atoms with van der Waals surface area (Å²) < 4.78 is 23.0. The molecule has 0 saturated carbocycles. The van der Waals surface area contributed by atoms with Crippen molar-refractivity contribution in [1.82, 2.24) is 20.0 Å². The number of ether oxygens (including phenoxy) is 4. The molecule has 0 saturated heterocycles. The topological polar surface area (TPSA) is 178 Å². The smallest absolute Gasteiger partial charge is 0.565 e. The summed E-state index contributed by atoms with van der Waals surface area (Å²) in [5, 5.41) is 29.1. The summed E-state index contributed by atoms with van der Waals surface area (Å²) in [6.45, 7) is 7.76. The van der Waals surface area contributed by atoms with Gasteiger partial charge < -0.3 is 34.0 Å². The van der Waals surface area contributed by atoms with E-state index in [-0.39, 0.29) is 150 Å². The molecular weight excluding hydrogens is 1040 g/mol. The molecule has 0 atom stereocenters. The molecule has 2 heterocycles. The molecule has 2 N–H and O–H groups in total. The van der Waals surface area contributed by atoms with Gasteiger partial charge in [-0.3, -0.25) is 9.78 Å². The molecule has 6 rings (SSSR count). The van der Waals surface area contributed by atoms with Crippen molar-refractivity contribution in [2.24, 2.45) is 0 Å². The van der Waals surface area contributed by atoms with Crippen LogP contribution >= 0.6 is 15.9 Å². The van der Waals surface area contributed by atoms with Gasteiger partial charge in [0.15, 0.2) is 11.4 Å². The first-order valence-electron chi connectivity index (χ1n) is 17.7. The first-order chi connectivity index (χ1) is 26.8. The van der Waals surface area contributed by atoms with Crippen LogP contribution in [0.4, 0.5) is 4.79 Å². The molecule has 6 aromatic rings. The Bertz CT molecular complexity index is 2010. The van der Waals surface area contributed by atoms with Gasteiger partial charge in [0.1, 0.15) is 0 Å². The third-order valence-corrected chi connectivity index (χ3v) is 7.93. The average molecular weight is 1080 g/mol. The van der Waals surface area contributed by atoms with E-state index in [0.717, 1.165) is 58.8 Å². The maximum atomic E-state index is 12.1. The van der Waals surface area contributed by atoms with Crippen LogP contribution in [-0.2, 0) is 38.7 Å². The number of carbonyl (C=O) groups is 3. The van der Waals surface area contributed by atoms with Crippen LogP contribution in [0.25, 0.3) is 21.8 Å². The van der Waals surface area contributed by atoms with Crippen molar-refractivity contribution < 1.29 is 181 Å². The molecular formula is C41H46BrCs2N4O9+. The number of carbonyl (C=O) groups excluding carboxylic acids is 2. The Balaban J connectivity index is 0.000000432. The summed E-state index contributed by atoms with van der Waals surface area (Å²) in [5.74, 6) is -0.761. The second kappa shape index (κ2) is 32.3. The number of carboxylic acid groups (broad SMARTS) is 2. The maximum Gasteiger partial charge on any atom is 1.00 e. The molecule has 0 aliphatic rings. The van der Waals surface area contributed by atoms with Crippen molar-refractivity contribution in [3.8, 4) is 0 Å². The van der Waals surface area contributed by atoms with Gasteiger partial charge in [-0.25, -0.2) is 9.59 Å². The molecule has 2 aromatic heterocycles. The number of aromatic amines is 1. The number of benzene rings is 4. The zero-order chi connectivity index (χ0) is 39.7. The van der Waals surface area contributed by atoms with Crippen LogP contribution in [0.2, 0.25) is 0 Å². The number of halogens is 1. The Morgan fingerprint density at radius 2 is 1.18 bits per heavy atom. The maximum absolute atomic E-state index is 12.1. The number of esters is 2. The number of H-pyrrole nitrogens is 1. The molecule has 0 aliphatic heterocycles. The summed E-state index contributed by atoms with van der Waals surface area (Å²) in [4.78, 5) is 31.9. The average Bonchev–Trinajstić information content (AvgIpc) is 3.80. The normalized spacial score (nSPS) is 9.88. The van der Waals surface area contributed by atoms with Crippen molar-refractivity contribution in [3.05, 3.63) is 132 Å². The van der Waals surface area contributed by atoms with Gasteiger partial charge in [-0.1, -0.05) is 113 Å². The van der Waals surface area contributed by atoms with Gasteiger partial charge in [0.2, 0.25) is 6.16 Å². The minimum absolute atomic E-state index is 0. The van der Waals surface area contributed by atoms with Gasteiger partial charge in [-0.2, -0.15) is 10.2 Å². The van der Waals surface area contributed by atoms with E-state index in [4.69, 9.17) is 34.0 Å². The van der Waals surface area contributed by atoms with Crippen molar-refractivity contribution in [2.45, 2.75) is 46.4 Å². The van der Waals surface area contributed by atoms with Gasteiger partial charge in [0, 0.05) is 35.9 Å². The van der Waals surface area contributed by atoms with Gasteiger partial charge >= 0.3 is 150 Å². The van der Waals surface area contributed by atoms with Gasteiger partial charge in [0.05, 0.1) is 37.5 Å². The van der Waals surface area contributed by atoms with Crippen molar-refractivity contribution in [1.29, 1.82) is 0 Å². The van der Waals surface area contributed by atoms with E-state index < -0.39 is 6.16 Å². The molecule has 0 unspecified atom stereocenters. The number of hydrogen-bond acceptors (Lipinski definition) is 10. The van der Waals surface area contributed by atoms with Crippen LogP contribution in [0.5, 0.6) is 0 Å². The minimum Gasteiger partial charge on any atom is -0.565 e. The third-order valence-electron chi connectivity index (χ3n) is 7.37. The van der Waals surface area contributed by atoms with Crippen molar-refractivity contribution >= 4 is 55.8 Å². The summed E-state index contributed by atoms with van der Waals surface area (Å²) in [6.07, 6.45) is -0.187. The second-order valence-electron chi connectivity index (χ2n) is 11.4. The summed E-state index contributed by atoms with van der Waals surface area (Å²) in [5.41, 5.74) is 4.91. The first kappa shape index (κ1) is 53.6. The number of fused-ring (bicyclic) bond motifs is 2. The van der Waals surface area contributed by atoms with Gasteiger partial charge in [0.25, 0.3) is 0 Å². The number of nitrogens with one attached hydrogen (secondary N) is 1. The Morgan fingerprint density at radius 3 is 1.72 bits per heavy atom. The Hall–Kier alpha value is -1.47. The summed E-state index contributed by atoms with van der Waals surface area (Å²) >= 11 is 3.36. The van der Waals surface area contributed by atoms with Gasteiger partial charge in [-0.05, 0) is 49.9 Å². The van der Waals surface area contributed by atoms with E-state index in [1.165, 1.54) is 5.56 Å². The van der Waals surface area contributed by atoms with Crippen LogP contribution in [0.15, 0.2) is 109 Å². The molecule has 0 amide bonds. The third kappa shape index (κ3) is 20.6. The fourth-order valence-electron chi connectivity index (χ4n) is 4.97. The number of para-hydroxylation sites is 2. The summed E-state index contributed by atoms with van der Waals surface area (Å²) in [6, 6.07) is 35.5. The Labute approximate surface area is 458 Å². The van der Waals surface area contributed by atoms with Crippen LogP contribution in [0.1, 0.15) is 58.8 Å². The van der Waals surface area contributed by atoms with Crippen LogP contribution in [-0.4, -0.2) is 74.9 Å². The number of hydrogen-bond donors (Lipinski definition) is 2. The number of aryl methyl sites for hydroxylation is 1. The van der Waals surface area contributed by atoms with E-state index in [9.17, 15) is 9.59 Å². The number of rotatable bonds is 15. The van der Waals surface area contributed by atoms with E-state index in [1.807, 2.05) is 102 Å². The standard InChI is InChI=1S/C20H22N2O3.C10H13BrO.C10H10N2O2.CH2O3.2Cs/c1-2-25-20(23)19-17-11-6-7-12-18(17)22(21-19)13-8-14-24-15-16-9-4-3-5-10-16;11-7-4-8-12-9-10-5-2-1-3-6-10;1-2-14-10(13)9-7-5-3-4-6-8(7)11-12-9;2-1(3)4;;/h3-7,9-12H,2,8,13-15H2,1H3;1-3,5-6H,4,7-9H2;3-6H,2H2,1H3,(H,11,12);(H2,2,3,4);;/q;;;;2*+1/p-1. The molecule has 13 nitrogen and oxygen atoms in total. The molecule has 0 fully saturated rings. The largest absolute Gasteiger partial charge is 1.00 e. The molecule has 292 valence electrons. The Morgan fingerprint density at radius 1 is 0.702 bits per heavy atom. The number of alkyl halides is 1. The SMILES string of the molecule is BrCCCOCc1ccccc1.CCOC(=O)c1n[nH]c2ccccc12.CCOC(=O)c1nn(CCCOCc2ccccc2)c2ccccc12.O=C([O-])O.[Cs+].[Cs+]. The molecule has 0 bridgehead atoms. The van der Waals surface area contributed by atoms with Gasteiger partial charge in [-0.15, -0.1) is 0 Å². The van der Waals surface area contributed by atoms with E-state index >= 15 is 0 Å². The molecule has 0 aliphatic carbocycles. The monoisotopic (exact) mass is 1080 g/mol. The van der Waals surface area contributed by atoms with E-state index in [2.05, 4.69) is 43.4 Å². The molecule has 57 heavy (non-hydrogen) atoms. The number of nitrogens with zero attached hydrogens (tertiary/aromatic N) is 3. The minimum atomic E-state index is -2.08. The van der Waals surface area contributed by atoms with Crippen molar-refractivity contribution in [3.63, 3.8) is 0 Å². The molecule has 4 aromatic carbocycles. The predicted octanol–water partition coefficient (Wildman–Crippen LogP) is 1.44.